The molecule has 4 nitrogen and oxygen atoms in total. The second kappa shape index (κ2) is 5.59. The molecule has 0 bridgehead atoms. The summed E-state index contributed by atoms with van der Waals surface area (Å²) < 4.78 is 37.1. The van der Waals surface area contributed by atoms with Gasteiger partial charge in [-0.15, -0.1) is 6.58 Å². The van der Waals surface area contributed by atoms with Crippen LogP contribution >= 0.6 is 0 Å². The van der Waals surface area contributed by atoms with E-state index in [0.717, 1.165) is 0 Å². The zero-order valence-electron chi connectivity index (χ0n) is 8.25. The predicted molar refractivity (Wildman–Crippen MR) is 50.6 cm³/mol. The average molecular weight is 225 g/mol. The van der Waals surface area contributed by atoms with E-state index >= 15 is 0 Å². The number of halogens is 3. The van der Waals surface area contributed by atoms with E-state index in [9.17, 15) is 13.2 Å². The van der Waals surface area contributed by atoms with Crippen LogP contribution in [0, 0.1) is 5.92 Å². The molecule has 15 heavy (non-hydrogen) atoms. The third-order valence-corrected chi connectivity index (χ3v) is 1.87. The lowest BCUT2D eigenvalue weighted by atomic mass is 10.1. The maximum Gasteiger partial charge on any atom is 0.400 e. The van der Waals surface area contributed by atoms with Crippen molar-refractivity contribution in [3.8, 4) is 0 Å². The van der Waals surface area contributed by atoms with Crippen LogP contribution in [0.2, 0.25) is 0 Å². The van der Waals surface area contributed by atoms with Crippen LogP contribution in [0.1, 0.15) is 6.92 Å². The van der Waals surface area contributed by atoms with E-state index in [-0.39, 0.29) is 6.04 Å². The first-order valence-electron chi connectivity index (χ1n) is 4.23. The highest BCUT2D eigenvalue weighted by Crippen LogP contribution is 2.25. The Morgan fingerprint density at radius 1 is 1.67 bits per heavy atom. The average Bonchev–Trinajstić information content (AvgIpc) is 2.15. The lowest BCUT2D eigenvalue weighted by Gasteiger charge is -2.20. The fourth-order valence-electron chi connectivity index (χ4n) is 0.845. The summed E-state index contributed by atoms with van der Waals surface area (Å²) in [6.07, 6.45) is -3.08. The second-order valence-electron chi connectivity index (χ2n) is 3.05. The number of hydrogen-bond donors (Lipinski definition) is 3. The summed E-state index contributed by atoms with van der Waals surface area (Å²) in [5, 5.41) is 13.1. The van der Waals surface area contributed by atoms with Crippen LogP contribution in [-0.2, 0) is 0 Å². The number of oxime groups is 1. The van der Waals surface area contributed by atoms with E-state index in [4.69, 9.17) is 10.9 Å². The van der Waals surface area contributed by atoms with Crippen LogP contribution in [0.4, 0.5) is 13.2 Å². The SMILES string of the molecule is C=CC(C)NCC(/C(N)=N/O)C(F)(F)F. The number of rotatable bonds is 5. The molecular weight excluding hydrogens is 211 g/mol. The Balaban J connectivity index is 4.47. The molecule has 0 saturated carbocycles. The van der Waals surface area contributed by atoms with Crippen LogP contribution in [0.5, 0.6) is 0 Å². The minimum absolute atomic E-state index is 0.277. The Morgan fingerprint density at radius 3 is 2.53 bits per heavy atom. The highest BCUT2D eigenvalue weighted by molar-refractivity contribution is 5.83. The summed E-state index contributed by atoms with van der Waals surface area (Å²) in [5.74, 6) is -2.85. The highest BCUT2D eigenvalue weighted by atomic mass is 19.4. The van der Waals surface area contributed by atoms with E-state index in [2.05, 4.69) is 17.1 Å². The van der Waals surface area contributed by atoms with Gasteiger partial charge in [0.15, 0.2) is 5.84 Å². The van der Waals surface area contributed by atoms with Crippen LogP contribution in [0.3, 0.4) is 0 Å². The molecule has 2 atom stereocenters. The number of nitrogens with zero attached hydrogens (tertiary/aromatic N) is 1. The smallest absolute Gasteiger partial charge is 0.400 e. The van der Waals surface area contributed by atoms with Gasteiger partial charge in [0.05, 0.1) is 0 Å². The minimum Gasteiger partial charge on any atom is -0.409 e. The quantitative estimate of drug-likeness (QED) is 0.215. The van der Waals surface area contributed by atoms with E-state index in [0.29, 0.717) is 0 Å². The molecule has 0 aromatic heterocycles. The molecule has 0 aromatic rings. The number of nitrogens with one attached hydrogen (secondary N) is 1. The summed E-state index contributed by atoms with van der Waals surface area (Å²) >= 11 is 0. The van der Waals surface area contributed by atoms with Crippen LogP contribution < -0.4 is 11.1 Å². The van der Waals surface area contributed by atoms with Crippen molar-refractivity contribution in [3.63, 3.8) is 0 Å². The minimum atomic E-state index is -4.54. The highest BCUT2D eigenvalue weighted by Gasteiger charge is 2.42. The summed E-state index contributed by atoms with van der Waals surface area (Å²) in [4.78, 5) is 0. The molecule has 0 rings (SSSR count). The van der Waals surface area contributed by atoms with Gasteiger partial charge in [0.2, 0.25) is 0 Å². The second-order valence-corrected chi connectivity index (χ2v) is 3.05. The Hall–Kier alpha value is -1.24. The van der Waals surface area contributed by atoms with Gasteiger partial charge in [-0.3, -0.25) is 0 Å². The fourth-order valence-corrected chi connectivity index (χ4v) is 0.845. The van der Waals surface area contributed by atoms with Crippen molar-refractivity contribution in [2.45, 2.75) is 19.1 Å². The summed E-state index contributed by atoms with van der Waals surface area (Å²) in [6, 6.07) is -0.277. The summed E-state index contributed by atoms with van der Waals surface area (Å²) in [5.41, 5.74) is 4.95. The molecule has 7 heteroatoms. The Morgan fingerprint density at radius 2 is 2.20 bits per heavy atom. The first-order valence-corrected chi connectivity index (χ1v) is 4.23. The Bertz CT molecular complexity index is 240. The largest absolute Gasteiger partial charge is 0.409 e. The molecule has 0 aromatic carbocycles. The normalized spacial score (nSPS) is 17.2. The van der Waals surface area contributed by atoms with Gasteiger partial charge in [-0.2, -0.15) is 13.2 Å². The molecular formula is C8H14F3N3O. The maximum absolute atomic E-state index is 12.4. The molecule has 88 valence electrons. The zero-order valence-corrected chi connectivity index (χ0v) is 8.25. The number of alkyl halides is 3. The van der Waals surface area contributed by atoms with E-state index in [1.54, 1.807) is 6.92 Å². The van der Waals surface area contributed by atoms with Gasteiger partial charge in [-0.1, -0.05) is 11.2 Å². The number of nitrogens with two attached hydrogens (primary N) is 1. The van der Waals surface area contributed by atoms with Gasteiger partial charge in [0.1, 0.15) is 5.92 Å². The molecule has 0 aliphatic heterocycles. The maximum atomic E-state index is 12.4. The van der Waals surface area contributed by atoms with Crippen LogP contribution in [0.15, 0.2) is 17.8 Å². The van der Waals surface area contributed by atoms with E-state index < -0.39 is 24.5 Å². The van der Waals surface area contributed by atoms with Gasteiger partial charge < -0.3 is 16.3 Å². The van der Waals surface area contributed by atoms with Crippen LogP contribution in [-0.4, -0.2) is 29.8 Å². The molecule has 0 aliphatic rings. The van der Waals surface area contributed by atoms with Gasteiger partial charge in [0.25, 0.3) is 0 Å². The molecule has 4 N–H and O–H groups in total. The Kier molecular flexibility index (Phi) is 5.13. The zero-order chi connectivity index (χ0) is 12.1. The van der Waals surface area contributed by atoms with Gasteiger partial charge in [0, 0.05) is 12.6 Å². The van der Waals surface area contributed by atoms with Crippen molar-refractivity contribution in [2.75, 3.05) is 6.54 Å². The van der Waals surface area contributed by atoms with Crippen molar-refractivity contribution in [3.05, 3.63) is 12.7 Å². The standard InChI is InChI=1S/C8H14F3N3O/c1-3-5(2)13-4-6(7(12)14-15)8(9,10)11/h3,5-6,13,15H,1,4H2,2H3,(H2,12,14). The molecule has 0 fully saturated rings. The summed E-state index contributed by atoms with van der Waals surface area (Å²) in [7, 11) is 0. The monoisotopic (exact) mass is 225 g/mol. The molecule has 0 aliphatic carbocycles. The third kappa shape index (κ3) is 4.68. The lowest BCUT2D eigenvalue weighted by Crippen LogP contribution is -2.44. The molecule has 0 radical (unpaired) electrons. The first kappa shape index (κ1) is 13.8. The van der Waals surface area contributed by atoms with Gasteiger partial charge >= 0.3 is 6.18 Å². The van der Waals surface area contributed by atoms with E-state index in [1.807, 2.05) is 0 Å². The van der Waals surface area contributed by atoms with Crippen LogP contribution in [0.25, 0.3) is 0 Å². The van der Waals surface area contributed by atoms with Crippen molar-refractivity contribution >= 4 is 5.84 Å². The predicted octanol–water partition coefficient (Wildman–Crippen LogP) is 1.08. The molecule has 0 spiro atoms. The van der Waals surface area contributed by atoms with Gasteiger partial charge in [-0.05, 0) is 6.92 Å². The van der Waals surface area contributed by atoms with Gasteiger partial charge in [-0.25, -0.2) is 0 Å². The van der Waals surface area contributed by atoms with E-state index in [1.165, 1.54) is 6.08 Å². The van der Waals surface area contributed by atoms with Crippen molar-refractivity contribution < 1.29 is 18.4 Å². The number of amidine groups is 1. The molecule has 2 unspecified atom stereocenters. The van der Waals surface area contributed by atoms with Crippen molar-refractivity contribution in [2.24, 2.45) is 16.8 Å². The van der Waals surface area contributed by atoms with Crippen molar-refractivity contribution in [1.82, 2.24) is 5.32 Å². The lowest BCUT2D eigenvalue weighted by molar-refractivity contribution is -0.155. The third-order valence-electron chi connectivity index (χ3n) is 1.87. The molecule has 0 saturated heterocycles. The first-order chi connectivity index (χ1) is 6.82. The molecule has 0 heterocycles. The fraction of sp³-hybridized carbons (Fsp3) is 0.625. The molecule has 0 amide bonds. The number of hydrogen-bond acceptors (Lipinski definition) is 3. The topological polar surface area (TPSA) is 70.6 Å². The Labute approximate surface area is 85.6 Å². The summed E-state index contributed by atoms with van der Waals surface area (Å²) in [6.45, 7) is 4.60. The van der Waals surface area contributed by atoms with Crippen molar-refractivity contribution in [1.29, 1.82) is 0 Å².